The summed E-state index contributed by atoms with van der Waals surface area (Å²) >= 11 is 0. The number of aromatic nitrogens is 5. The number of β-amino-alcohol motifs (C(OH)–C–C–N with tert-alkyl or cyclic N) is 1. The van der Waals surface area contributed by atoms with Crippen LogP contribution in [0.2, 0.25) is 0 Å². The van der Waals surface area contributed by atoms with Gasteiger partial charge in [0, 0.05) is 38.5 Å². The summed E-state index contributed by atoms with van der Waals surface area (Å²) in [7, 11) is 1.62. The number of ether oxygens (including phenoxy) is 2. The number of fused-ring (bicyclic) bond motifs is 1. The number of likely N-dealkylation sites (tertiary alicyclic amines) is 1. The van der Waals surface area contributed by atoms with Crippen LogP contribution in [-0.4, -0.2) is 86.0 Å². The van der Waals surface area contributed by atoms with Crippen molar-refractivity contribution in [3.05, 3.63) is 64.6 Å². The molecule has 0 radical (unpaired) electrons. The number of benzene rings is 1. The maximum Gasteiger partial charge on any atom is 0.338 e. The Kier molecular flexibility index (Phi) is 6.72. The van der Waals surface area contributed by atoms with Crippen LogP contribution in [0.4, 0.5) is 0 Å². The van der Waals surface area contributed by atoms with Crippen LogP contribution >= 0.6 is 0 Å². The van der Waals surface area contributed by atoms with E-state index in [0.717, 1.165) is 16.7 Å². The summed E-state index contributed by atoms with van der Waals surface area (Å²) in [5.74, 6) is -0.0480. The summed E-state index contributed by atoms with van der Waals surface area (Å²) in [5.41, 5.74) is 3.51. The van der Waals surface area contributed by atoms with Crippen molar-refractivity contribution in [2.24, 2.45) is 0 Å². The second-order valence-corrected chi connectivity index (χ2v) is 8.96. The molecule has 188 valence electrons. The summed E-state index contributed by atoms with van der Waals surface area (Å²) in [6, 6.07) is 6.68. The van der Waals surface area contributed by atoms with Crippen molar-refractivity contribution in [1.29, 1.82) is 0 Å². The van der Waals surface area contributed by atoms with E-state index in [1.807, 2.05) is 6.92 Å². The molecule has 12 heteroatoms. The number of amides is 1. The van der Waals surface area contributed by atoms with Gasteiger partial charge in [0.05, 0.1) is 29.4 Å². The molecule has 12 nitrogen and oxygen atoms in total. The summed E-state index contributed by atoms with van der Waals surface area (Å²) in [5, 5.41) is 24.9. The number of pyridine rings is 1. The first-order chi connectivity index (χ1) is 17.4. The number of methoxy groups -OCH3 is 1. The molecule has 0 aliphatic carbocycles. The fourth-order valence-electron chi connectivity index (χ4n) is 4.80. The lowest BCUT2D eigenvalue weighted by Gasteiger charge is -2.39. The molecule has 2 N–H and O–H groups in total. The molecule has 4 heterocycles. The van der Waals surface area contributed by atoms with Gasteiger partial charge in [-0.2, -0.15) is 4.68 Å². The largest absolute Gasteiger partial charge is 0.457 e. The summed E-state index contributed by atoms with van der Waals surface area (Å²) in [4.78, 5) is 31.0. The van der Waals surface area contributed by atoms with E-state index in [2.05, 4.69) is 30.7 Å². The summed E-state index contributed by atoms with van der Waals surface area (Å²) < 4.78 is 12.2. The highest BCUT2D eigenvalue weighted by atomic mass is 16.5. The highest BCUT2D eigenvalue weighted by molar-refractivity contribution is 5.94. The number of hydrogen-bond donors (Lipinski definition) is 2. The Morgan fingerprint density at radius 2 is 2.19 bits per heavy atom. The minimum atomic E-state index is -0.723. The average molecular weight is 494 g/mol. The Bertz CT molecular complexity index is 1250. The van der Waals surface area contributed by atoms with Gasteiger partial charge in [0.15, 0.2) is 5.82 Å². The lowest BCUT2D eigenvalue weighted by atomic mass is 9.94. The number of aliphatic hydroxyl groups is 1. The molecule has 0 spiro atoms. The lowest BCUT2D eigenvalue weighted by molar-refractivity contribution is -0.00755. The van der Waals surface area contributed by atoms with Gasteiger partial charge in [-0.05, 0) is 53.1 Å². The first-order valence-electron chi connectivity index (χ1n) is 11.7. The number of carbonyl (C=O) groups is 2. The smallest absolute Gasteiger partial charge is 0.338 e. The SMILES string of the molecule is CO[C@@H]1CN(C[C@H](O)c2ccc3c(c2C)COC3=O)CC[C@@H]1NC(=O)c1ccc(-n2cnnn2)nc1. The van der Waals surface area contributed by atoms with Gasteiger partial charge in [-0.1, -0.05) is 6.07 Å². The quantitative estimate of drug-likeness (QED) is 0.449. The predicted molar refractivity (Wildman–Crippen MR) is 125 cm³/mol. The van der Waals surface area contributed by atoms with Crippen molar-refractivity contribution in [2.75, 3.05) is 26.7 Å². The van der Waals surface area contributed by atoms with E-state index in [9.17, 15) is 14.7 Å². The molecule has 0 unspecified atom stereocenters. The van der Waals surface area contributed by atoms with Crippen LogP contribution in [0.5, 0.6) is 0 Å². The molecule has 0 bridgehead atoms. The van der Waals surface area contributed by atoms with Gasteiger partial charge in [-0.3, -0.25) is 9.69 Å². The molecular weight excluding hydrogens is 466 g/mol. The molecule has 1 fully saturated rings. The normalized spacial score (nSPS) is 20.6. The second kappa shape index (κ2) is 10.1. The summed E-state index contributed by atoms with van der Waals surface area (Å²) in [6.45, 7) is 3.80. The van der Waals surface area contributed by atoms with E-state index in [1.165, 1.54) is 17.2 Å². The van der Waals surface area contributed by atoms with E-state index in [1.54, 1.807) is 31.4 Å². The molecule has 5 rings (SSSR count). The third-order valence-corrected chi connectivity index (χ3v) is 6.85. The molecule has 0 saturated carbocycles. The third kappa shape index (κ3) is 4.70. The van der Waals surface area contributed by atoms with Crippen LogP contribution in [-0.2, 0) is 16.1 Å². The van der Waals surface area contributed by atoms with Crippen LogP contribution in [0.25, 0.3) is 5.82 Å². The topological polar surface area (TPSA) is 145 Å². The van der Waals surface area contributed by atoms with Crippen molar-refractivity contribution in [1.82, 2.24) is 35.4 Å². The van der Waals surface area contributed by atoms with Crippen LogP contribution in [0, 0.1) is 6.92 Å². The Balaban J connectivity index is 1.19. The van der Waals surface area contributed by atoms with Crippen molar-refractivity contribution >= 4 is 11.9 Å². The van der Waals surface area contributed by atoms with Gasteiger partial charge in [-0.15, -0.1) is 5.10 Å². The molecule has 3 aromatic rings. The number of carbonyl (C=O) groups excluding carboxylic acids is 2. The zero-order valence-corrected chi connectivity index (χ0v) is 20.0. The van der Waals surface area contributed by atoms with Gasteiger partial charge >= 0.3 is 5.97 Å². The van der Waals surface area contributed by atoms with Gasteiger partial charge in [-0.25, -0.2) is 9.78 Å². The molecule has 2 aromatic heterocycles. The van der Waals surface area contributed by atoms with Crippen molar-refractivity contribution < 1.29 is 24.2 Å². The van der Waals surface area contributed by atoms with Gasteiger partial charge in [0.25, 0.3) is 5.91 Å². The van der Waals surface area contributed by atoms with E-state index < -0.39 is 6.10 Å². The van der Waals surface area contributed by atoms with Crippen LogP contribution < -0.4 is 5.32 Å². The number of nitrogens with one attached hydrogen (secondary N) is 1. The highest BCUT2D eigenvalue weighted by Crippen LogP contribution is 2.30. The molecule has 1 saturated heterocycles. The van der Waals surface area contributed by atoms with E-state index >= 15 is 0 Å². The standard InChI is InChI=1S/C24H27N7O5/c1-14-16(4-5-17-18(14)12-36-24(17)34)20(32)10-30-8-7-19(21(11-30)35-2)27-23(33)15-3-6-22(25-9-15)31-13-26-28-29-31/h3-6,9,13,19-21,32H,7-8,10-12H2,1-2H3,(H,27,33)/t19-,20-,21+/m0/s1. The zero-order chi connectivity index (χ0) is 25.2. The zero-order valence-electron chi connectivity index (χ0n) is 20.0. The third-order valence-electron chi connectivity index (χ3n) is 6.85. The number of piperidine rings is 1. The molecular formula is C24H27N7O5. The van der Waals surface area contributed by atoms with Crippen LogP contribution in [0.3, 0.4) is 0 Å². The highest BCUT2D eigenvalue weighted by Gasteiger charge is 2.32. The molecule has 2 aliphatic heterocycles. The van der Waals surface area contributed by atoms with Crippen LogP contribution in [0.1, 0.15) is 49.9 Å². The van der Waals surface area contributed by atoms with Gasteiger partial charge in [0.2, 0.25) is 0 Å². The molecule has 1 aromatic carbocycles. The fraction of sp³-hybridized carbons (Fsp3) is 0.417. The first kappa shape index (κ1) is 24.0. The Morgan fingerprint density at radius 3 is 2.92 bits per heavy atom. The van der Waals surface area contributed by atoms with E-state index in [4.69, 9.17) is 9.47 Å². The monoisotopic (exact) mass is 493 g/mol. The Labute approximate surface area is 207 Å². The molecule has 36 heavy (non-hydrogen) atoms. The fourth-order valence-corrected chi connectivity index (χ4v) is 4.80. The minimum Gasteiger partial charge on any atom is -0.457 e. The average Bonchev–Trinajstić information content (AvgIpc) is 3.56. The number of nitrogens with zero attached hydrogens (tertiary/aromatic N) is 6. The lowest BCUT2D eigenvalue weighted by Crippen LogP contribution is -2.55. The number of cyclic esters (lactones) is 1. The minimum absolute atomic E-state index is 0.181. The Morgan fingerprint density at radius 1 is 1.33 bits per heavy atom. The molecule has 3 atom stereocenters. The second-order valence-electron chi connectivity index (χ2n) is 8.96. The molecule has 1 amide bonds. The van der Waals surface area contributed by atoms with Gasteiger partial charge < -0.3 is 19.9 Å². The van der Waals surface area contributed by atoms with E-state index in [0.29, 0.717) is 43.0 Å². The predicted octanol–water partition coefficient (Wildman–Crippen LogP) is 0.589. The molecule has 2 aliphatic rings. The summed E-state index contributed by atoms with van der Waals surface area (Å²) in [6.07, 6.45) is 2.61. The maximum absolute atomic E-state index is 12.8. The Hall–Kier alpha value is -3.74. The van der Waals surface area contributed by atoms with Crippen molar-refractivity contribution in [3.8, 4) is 5.82 Å². The number of rotatable bonds is 7. The van der Waals surface area contributed by atoms with Crippen molar-refractivity contribution in [2.45, 2.75) is 38.2 Å². The van der Waals surface area contributed by atoms with E-state index in [-0.39, 0.29) is 30.6 Å². The first-order valence-corrected chi connectivity index (χ1v) is 11.7. The maximum atomic E-state index is 12.8. The van der Waals surface area contributed by atoms with Gasteiger partial charge in [0.1, 0.15) is 12.9 Å². The number of hydrogen-bond acceptors (Lipinski definition) is 10. The van der Waals surface area contributed by atoms with Crippen LogP contribution in [0.15, 0.2) is 36.8 Å². The van der Waals surface area contributed by atoms with Crippen molar-refractivity contribution in [3.63, 3.8) is 0 Å². The number of aliphatic hydroxyl groups excluding tert-OH is 1. The number of tetrazole rings is 1. The number of esters is 1.